The van der Waals surface area contributed by atoms with Crippen LogP contribution in [-0.2, 0) is 0 Å². The van der Waals surface area contributed by atoms with E-state index in [9.17, 15) is 0 Å². The zero-order valence-electron chi connectivity index (χ0n) is 24.4. The van der Waals surface area contributed by atoms with Gasteiger partial charge in [0.15, 0.2) is 0 Å². The van der Waals surface area contributed by atoms with Crippen LogP contribution in [0.4, 0.5) is 17.1 Å². The third-order valence-corrected chi connectivity index (χ3v) is 9.82. The van der Waals surface area contributed by atoms with E-state index in [1.54, 1.807) is 0 Å². The minimum Gasteiger partial charge on any atom is -0.456 e. The SMILES string of the molecule is c1ccc(-c2ccc(N(c3cccc(-c4ccc5sc6ccccc6c5c4)c3)c3ccc4oc5ccccc5c4c3)cc2)cc1. The molecule has 0 aliphatic heterocycles. The number of nitrogens with zero attached hydrogens (tertiary/aromatic N) is 1. The summed E-state index contributed by atoms with van der Waals surface area (Å²) in [5, 5.41) is 4.86. The lowest BCUT2D eigenvalue weighted by atomic mass is 10.0. The molecule has 0 radical (unpaired) electrons. The van der Waals surface area contributed by atoms with Crippen LogP contribution in [0.15, 0.2) is 168 Å². The third kappa shape index (κ3) is 4.48. The molecule has 0 aliphatic carbocycles. The lowest BCUT2D eigenvalue weighted by Crippen LogP contribution is -2.10. The second-order valence-corrected chi connectivity index (χ2v) is 12.5. The second kappa shape index (κ2) is 10.5. The van der Waals surface area contributed by atoms with Gasteiger partial charge in [-0.1, -0.05) is 97.1 Å². The highest BCUT2D eigenvalue weighted by Gasteiger charge is 2.17. The maximum Gasteiger partial charge on any atom is 0.135 e. The van der Waals surface area contributed by atoms with Crippen molar-refractivity contribution in [1.29, 1.82) is 0 Å². The average Bonchev–Trinajstić information content (AvgIpc) is 3.67. The maximum absolute atomic E-state index is 6.18. The second-order valence-electron chi connectivity index (χ2n) is 11.4. The van der Waals surface area contributed by atoms with Crippen LogP contribution in [0.3, 0.4) is 0 Å². The summed E-state index contributed by atoms with van der Waals surface area (Å²) in [4.78, 5) is 2.35. The van der Waals surface area contributed by atoms with Crippen molar-refractivity contribution in [3.05, 3.63) is 164 Å². The molecule has 9 aromatic rings. The molecule has 0 saturated heterocycles. The van der Waals surface area contributed by atoms with E-state index in [1.807, 2.05) is 23.5 Å². The fourth-order valence-corrected chi connectivity index (χ4v) is 7.55. The highest BCUT2D eigenvalue weighted by molar-refractivity contribution is 7.25. The predicted octanol–water partition coefficient (Wildman–Crippen LogP) is 12.8. The number of furan rings is 1. The first kappa shape index (κ1) is 25.8. The zero-order chi connectivity index (χ0) is 29.7. The molecule has 2 heterocycles. The van der Waals surface area contributed by atoms with Crippen LogP contribution in [-0.4, -0.2) is 0 Å². The molecule has 9 rings (SSSR count). The fourth-order valence-electron chi connectivity index (χ4n) is 6.46. The Labute approximate surface area is 265 Å². The number of hydrogen-bond donors (Lipinski definition) is 0. The van der Waals surface area contributed by atoms with E-state index in [1.165, 1.54) is 42.4 Å². The first-order chi connectivity index (χ1) is 22.3. The van der Waals surface area contributed by atoms with Gasteiger partial charge in [0, 0.05) is 48.0 Å². The first-order valence-electron chi connectivity index (χ1n) is 15.2. The van der Waals surface area contributed by atoms with E-state index >= 15 is 0 Å². The lowest BCUT2D eigenvalue weighted by Gasteiger charge is -2.26. The zero-order valence-corrected chi connectivity index (χ0v) is 25.2. The quantitative estimate of drug-likeness (QED) is 0.197. The van der Waals surface area contributed by atoms with Gasteiger partial charge < -0.3 is 9.32 Å². The Hall–Kier alpha value is -5.64. The molecule has 2 nitrogen and oxygen atoms in total. The summed E-state index contributed by atoms with van der Waals surface area (Å²) in [6.45, 7) is 0. The van der Waals surface area contributed by atoms with Crippen molar-refractivity contribution in [3.8, 4) is 22.3 Å². The molecular weight excluding hydrogens is 567 g/mol. The molecule has 45 heavy (non-hydrogen) atoms. The smallest absolute Gasteiger partial charge is 0.135 e. The molecule has 7 aromatic carbocycles. The van der Waals surface area contributed by atoms with Crippen LogP contribution in [0, 0.1) is 0 Å². The molecule has 0 N–H and O–H groups in total. The van der Waals surface area contributed by atoms with E-state index in [4.69, 9.17) is 4.42 Å². The monoisotopic (exact) mass is 593 g/mol. The minimum atomic E-state index is 0.893. The van der Waals surface area contributed by atoms with E-state index in [2.05, 4.69) is 157 Å². The van der Waals surface area contributed by atoms with Gasteiger partial charge in [-0.05, 0) is 89.0 Å². The Morgan fingerprint density at radius 2 is 0.978 bits per heavy atom. The highest BCUT2D eigenvalue weighted by Crippen LogP contribution is 2.41. The van der Waals surface area contributed by atoms with Crippen LogP contribution in [0.25, 0.3) is 64.4 Å². The van der Waals surface area contributed by atoms with Crippen molar-refractivity contribution in [2.24, 2.45) is 0 Å². The van der Waals surface area contributed by atoms with Crippen LogP contribution in [0.1, 0.15) is 0 Å². The molecule has 0 saturated carbocycles. The summed E-state index contributed by atoms with van der Waals surface area (Å²) >= 11 is 1.85. The molecule has 212 valence electrons. The van der Waals surface area contributed by atoms with E-state index in [0.29, 0.717) is 0 Å². The standard InChI is InChI=1S/C42H27NOS/c1-2-9-28(10-3-1)29-17-20-32(21-18-29)43(34-22-23-40-37(27-34)35-13-4-6-15-39(35)44-40)33-12-8-11-30(25-33)31-19-24-42-38(26-31)36-14-5-7-16-41(36)45-42/h1-27H. The number of hydrogen-bond acceptors (Lipinski definition) is 3. The molecule has 0 unspecified atom stereocenters. The molecule has 2 aromatic heterocycles. The van der Waals surface area contributed by atoms with Crippen molar-refractivity contribution < 1.29 is 4.42 Å². The molecule has 0 atom stereocenters. The van der Waals surface area contributed by atoms with Gasteiger partial charge in [-0.15, -0.1) is 11.3 Å². The summed E-state index contributed by atoms with van der Waals surface area (Å²) < 4.78 is 8.82. The van der Waals surface area contributed by atoms with Crippen LogP contribution in [0.2, 0.25) is 0 Å². The van der Waals surface area contributed by atoms with Crippen molar-refractivity contribution in [3.63, 3.8) is 0 Å². The molecule has 0 amide bonds. The molecular formula is C42H27NOS. The fraction of sp³-hybridized carbons (Fsp3) is 0. The first-order valence-corrected chi connectivity index (χ1v) is 16.0. The number of thiophene rings is 1. The van der Waals surface area contributed by atoms with Crippen LogP contribution < -0.4 is 4.90 Å². The Balaban J connectivity index is 1.20. The molecule has 0 aliphatic rings. The molecule has 0 fully saturated rings. The Morgan fingerprint density at radius 1 is 0.356 bits per heavy atom. The molecule has 3 heteroatoms. The van der Waals surface area contributed by atoms with Crippen molar-refractivity contribution >= 4 is 70.5 Å². The number of rotatable bonds is 5. The van der Waals surface area contributed by atoms with Crippen molar-refractivity contribution in [2.75, 3.05) is 4.90 Å². The van der Waals surface area contributed by atoms with Crippen LogP contribution >= 0.6 is 11.3 Å². The Kier molecular flexibility index (Phi) is 6.03. The normalized spacial score (nSPS) is 11.6. The topological polar surface area (TPSA) is 16.4 Å². The van der Waals surface area contributed by atoms with E-state index in [0.717, 1.165) is 39.0 Å². The van der Waals surface area contributed by atoms with Gasteiger partial charge in [0.2, 0.25) is 0 Å². The van der Waals surface area contributed by atoms with E-state index < -0.39 is 0 Å². The Bertz CT molecular complexity index is 2490. The van der Waals surface area contributed by atoms with E-state index in [-0.39, 0.29) is 0 Å². The summed E-state index contributed by atoms with van der Waals surface area (Å²) in [5.41, 5.74) is 9.87. The third-order valence-electron chi connectivity index (χ3n) is 8.67. The number of benzene rings is 7. The highest BCUT2D eigenvalue weighted by atomic mass is 32.1. The summed E-state index contributed by atoms with van der Waals surface area (Å²) in [7, 11) is 0. The van der Waals surface area contributed by atoms with Gasteiger partial charge >= 0.3 is 0 Å². The minimum absolute atomic E-state index is 0.893. The number of fused-ring (bicyclic) bond motifs is 6. The lowest BCUT2D eigenvalue weighted by molar-refractivity contribution is 0.669. The van der Waals surface area contributed by atoms with Gasteiger partial charge in [0.25, 0.3) is 0 Å². The van der Waals surface area contributed by atoms with Gasteiger partial charge in [0.05, 0.1) is 0 Å². The average molecular weight is 594 g/mol. The summed E-state index contributed by atoms with van der Waals surface area (Å²) in [5.74, 6) is 0. The van der Waals surface area contributed by atoms with Crippen LogP contribution in [0.5, 0.6) is 0 Å². The van der Waals surface area contributed by atoms with Gasteiger partial charge in [0.1, 0.15) is 11.2 Å². The number of para-hydroxylation sites is 1. The predicted molar refractivity (Wildman–Crippen MR) is 192 cm³/mol. The van der Waals surface area contributed by atoms with Gasteiger partial charge in [-0.3, -0.25) is 0 Å². The van der Waals surface area contributed by atoms with Gasteiger partial charge in [-0.2, -0.15) is 0 Å². The number of anilines is 3. The molecule has 0 bridgehead atoms. The largest absolute Gasteiger partial charge is 0.456 e. The maximum atomic E-state index is 6.18. The summed E-state index contributed by atoms with van der Waals surface area (Å²) in [6.07, 6.45) is 0. The van der Waals surface area contributed by atoms with Crippen molar-refractivity contribution in [1.82, 2.24) is 0 Å². The summed E-state index contributed by atoms with van der Waals surface area (Å²) in [6, 6.07) is 58.6. The Morgan fingerprint density at radius 3 is 1.87 bits per heavy atom. The van der Waals surface area contributed by atoms with Gasteiger partial charge in [-0.25, -0.2) is 0 Å². The molecule has 0 spiro atoms. The van der Waals surface area contributed by atoms with Crippen molar-refractivity contribution in [2.45, 2.75) is 0 Å².